The Balaban J connectivity index is 0.00000144. The number of hydrogen-bond acceptors (Lipinski definition) is 3. The fraction of sp³-hybridized carbons (Fsp3) is 0. The largest absolute Gasteiger partial charge is 0.507 e. The van der Waals surface area contributed by atoms with Crippen molar-refractivity contribution < 1.29 is 18.1 Å². The van der Waals surface area contributed by atoms with Crippen molar-refractivity contribution in [1.29, 1.82) is 0 Å². The minimum atomic E-state index is -4.16. The van der Waals surface area contributed by atoms with Crippen LogP contribution in [-0.4, -0.2) is 47.6 Å². The minimum absolute atomic E-state index is 0. The molecule has 0 aliphatic heterocycles. The molecule has 0 atom stereocenters. The van der Waals surface area contributed by atoms with Crippen molar-refractivity contribution in [3.8, 4) is 5.75 Å². The van der Waals surface area contributed by atoms with E-state index in [0.29, 0.717) is 3.57 Å². The molecule has 0 saturated heterocycles. The van der Waals surface area contributed by atoms with E-state index in [9.17, 15) is 8.42 Å². The summed E-state index contributed by atoms with van der Waals surface area (Å²) >= 11 is 1.76. The molecule has 0 amide bonds. The second-order valence-corrected chi connectivity index (χ2v) is 4.67. The average molecular weight is 323 g/mol. The van der Waals surface area contributed by atoms with Crippen LogP contribution in [0.3, 0.4) is 0 Å². The Kier molecular flexibility index (Phi) is 5.19. The molecule has 1 aromatic rings. The van der Waals surface area contributed by atoms with Crippen molar-refractivity contribution in [2.75, 3.05) is 0 Å². The van der Waals surface area contributed by atoms with E-state index in [1.165, 1.54) is 12.1 Å². The summed E-state index contributed by atoms with van der Waals surface area (Å²) in [5.74, 6) is -0.0111. The summed E-state index contributed by atoms with van der Waals surface area (Å²) in [6.07, 6.45) is 0. The maximum absolute atomic E-state index is 10.6. The van der Waals surface area contributed by atoms with Gasteiger partial charge in [0.25, 0.3) is 10.1 Å². The van der Waals surface area contributed by atoms with Gasteiger partial charge in [0.2, 0.25) is 0 Å². The Morgan fingerprint density at radius 1 is 1.31 bits per heavy atom. The summed E-state index contributed by atoms with van der Waals surface area (Å²) in [5, 5.41) is 9.03. The first-order chi connectivity index (χ1) is 5.41. The van der Waals surface area contributed by atoms with E-state index in [1.807, 2.05) is 0 Å². The van der Waals surface area contributed by atoms with Gasteiger partial charge in [0.1, 0.15) is 5.75 Å². The van der Waals surface area contributed by atoms with Gasteiger partial charge in [-0.1, -0.05) is 0 Å². The fourth-order valence-corrected chi connectivity index (χ4v) is 1.88. The van der Waals surface area contributed by atoms with E-state index in [-0.39, 0.29) is 40.2 Å². The number of hydrogen-bond donors (Lipinski definition) is 2. The number of rotatable bonds is 1. The Hall–Kier alpha value is 0.660. The van der Waals surface area contributed by atoms with Crippen molar-refractivity contribution in [2.24, 2.45) is 0 Å². The van der Waals surface area contributed by atoms with Gasteiger partial charge < -0.3 is 5.11 Å². The molecule has 0 fully saturated rings. The van der Waals surface area contributed by atoms with E-state index in [4.69, 9.17) is 9.66 Å². The van der Waals surface area contributed by atoms with Crippen molar-refractivity contribution >= 4 is 62.3 Å². The van der Waals surface area contributed by atoms with Crippen molar-refractivity contribution in [3.05, 3.63) is 21.8 Å². The molecule has 7 heteroatoms. The third-order valence-electron chi connectivity index (χ3n) is 1.22. The maximum atomic E-state index is 10.6. The quantitative estimate of drug-likeness (QED) is 0.457. The molecule has 0 aliphatic carbocycles. The zero-order chi connectivity index (χ0) is 9.35. The average Bonchev–Trinajstić information content (AvgIpc) is 1.92. The summed E-state index contributed by atoms with van der Waals surface area (Å²) in [6, 6.07) is 3.53. The minimum Gasteiger partial charge on any atom is -0.507 e. The van der Waals surface area contributed by atoms with E-state index in [2.05, 4.69) is 0 Å². The zero-order valence-corrected chi connectivity index (χ0v) is 11.7. The molecule has 2 N–H and O–H groups in total. The number of phenolic OH excluding ortho intramolecular Hbond substituents is 1. The SMILES string of the molecule is O=S(=O)(O)c1ccc(O)c(I)c1.[Na]. The Labute approximate surface area is 112 Å². The summed E-state index contributed by atoms with van der Waals surface area (Å²) in [4.78, 5) is -0.218. The number of aromatic hydroxyl groups is 1. The van der Waals surface area contributed by atoms with Crippen LogP contribution in [0.2, 0.25) is 0 Å². The van der Waals surface area contributed by atoms with Crippen molar-refractivity contribution in [1.82, 2.24) is 0 Å². The van der Waals surface area contributed by atoms with Gasteiger partial charge in [-0.05, 0) is 40.8 Å². The molecule has 1 aromatic carbocycles. The van der Waals surface area contributed by atoms with Gasteiger partial charge in [-0.3, -0.25) is 4.55 Å². The second kappa shape index (κ2) is 4.94. The molecule has 0 unspecified atom stereocenters. The third kappa shape index (κ3) is 3.72. The van der Waals surface area contributed by atoms with Gasteiger partial charge in [-0.25, -0.2) is 0 Å². The molecule has 0 aromatic heterocycles. The van der Waals surface area contributed by atoms with Gasteiger partial charge in [0.15, 0.2) is 0 Å². The molecular formula is C6H5INaO4S. The van der Waals surface area contributed by atoms with Crippen molar-refractivity contribution in [2.45, 2.75) is 4.90 Å². The summed E-state index contributed by atoms with van der Waals surface area (Å²) < 4.78 is 30.1. The van der Waals surface area contributed by atoms with E-state index >= 15 is 0 Å². The fourth-order valence-electron chi connectivity index (χ4n) is 0.648. The molecule has 13 heavy (non-hydrogen) atoms. The third-order valence-corrected chi connectivity index (χ3v) is 2.93. The molecular weight excluding hydrogens is 318 g/mol. The number of phenols is 1. The molecule has 0 saturated carbocycles. The Morgan fingerprint density at radius 2 is 1.85 bits per heavy atom. The normalized spacial score (nSPS) is 10.6. The van der Waals surface area contributed by atoms with Crippen LogP contribution in [0.1, 0.15) is 0 Å². The molecule has 4 nitrogen and oxygen atoms in total. The van der Waals surface area contributed by atoms with E-state index in [1.54, 1.807) is 22.6 Å². The predicted octanol–water partition coefficient (Wildman–Crippen LogP) is 0.863. The van der Waals surface area contributed by atoms with Crippen LogP contribution in [0.25, 0.3) is 0 Å². The van der Waals surface area contributed by atoms with E-state index in [0.717, 1.165) is 6.07 Å². The molecule has 0 heterocycles. The molecule has 1 radical (unpaired) electrons. The first-order valence-corrected chi connectivity index (χ1v) is 5.39. The van der Waals surface area contributed by atoms with Crippen LogP contribution in [-0.2, 0) is 10.1 Å². The maximum Gasteiger partial charge on any atom is 0.294 e. The second-order valence-electron chi connectivity index (χ2n) is 2.09. The predicted molar refractivity (Wildman–Crippen MR) is 56.4 cm³/mol. The molecule has 67 valence electrons. The van der Waals surface area contributed by atoms with Crippen molar-refractivity contribution in [3.63, 3.8) is 0 Å². The standard InChI is InChI=1S/C6H5IO4S.Na/c7-5-3-4(12(9,10)11)1-2-6(5)8;/h1-3,8H,(H,9,10,11);. The summed E-state index contributed by atoms with van der Waals surface area (Å²) in [5.41, 5.74) is 0. The molecule has 1 rings (SSSR count). The van der Waals surface area contributed by atoms with Gasteiger partial charge in [-0.15, -0.1) is 0 Å². The van der Waals surface area contributed by atoms with Gasteiger partial charge >= 0.3 is 0 Å². The van der Waals surface area contributed by atoms with Crippen LogP contribution in [0.15, 0.2) is 23.1 Å². The molecule has 0 spiro atoms. The number of benzene rings is 1. The monoisotopic (exact) mass is 323 g/mol. The van der Waals surface area contributed by atoms with Crippen LogP contribution in [0.5, 0.6) is 5.75 Å². The van der Waals surface area contributed by atoms with Crippen LogP contribution < -0.4 is 0 Å². The number of halogens is 1. The van der Waals surface area contributed by atoms with Gasteiger partial charge in [0.05, 0.1) is 8.47 Å². The first kappa shape index (κ1) is 13.7. The summed E-state index contributed by atoms with van der Waals surface area (Å²) in [6.45, 7) is 0. The summed E-state index contributed by atoms with van der Waals surface area (Å²) in [7, 11) is -4.16. The smallest absolute Gasteiger partial charge is 0.294 e. The van der Waals surface area contributed by atoms with Crippen LogP contribution in [0.4, 0.5) is 0 Å². The molecule has 0 bridgehead atoms. The van der Waals surface area contributed by atoms with Crippen LogP contribution >= 0.6 is 22.6 Å². The van der Waals surface area contributed by atoms with Gasteiger partial charge in [-0.2, -0.15) is 8.42 Å². The molecule has 0 aliphatic rings. The van der Waals surface area contributed by atoms with Crippen LogP contribution in [0, 0.1) is 3.57 Å². The van der Waals surface area contributed by atoms with E-state index < -0.39 is 10.1 Å². The Bertz CT molecular complexity index is 403. The van der Waals surface area contributed by atoms with Gasteiger partial charge in [0, 0.05) is 29.6 Å². The Morgan fingerprint density at radius 3 is 2.23 bits per heavy atom. The first-order valence-electron chi connectivity index (χ1n) is 2.87. The topological polar surface area (TPSA) is 74.6 Å². The zero-order valence-electron chi connectivity index (χ0n) is 6.73.